The molecule has 4 aromatic rings. The van der Waals surface area contributed by atoms with Gasteiger partial charge in [0.1, 0.15) is 11.5 Å². The summed E-state index contributed by atoms with van der Waals surface area (Å²) in [6, 6.07) is 13.1. The van der Waals surface area contributed by atoms with Crippen LogP contribution in [0.15, 0.2) is 59.4 Å². The highest BCUT2D eigenvalue weighted by molar-refractivity contribution is 5.97. The summed E-state index contributed by atoms with van der Waals surface area (Å²) < 4.78 is 18.9. The Balaban J connectivity index is 1.46. The molecule has 0 fully saturated rings. The molecule has 0 spiro atoms. The van der Waals surface area contributed by atoms with Gasteiger partial charge in [-0.3, -0.25) is 4.79 Å². The molecule has 0 saturated carbocycles. The Bertz CT molecular complexity index is 1050. The first kappa shape index (κ1) is 15.1. The summed E-state index contributed by atoms with van der Waals surface area (Å²) in [5.74, 6) is -0.310. The molecule has 2 aromatic heterocycles. The molecule has 0 saturated heterocycles. The number of amides is 1. The predicted molar refractivity (Wildman–Crippen MR) is 89.2 cm³/mol. The van der Waals surface area contributed by atoms with Gasteiger partial charge in [-0.25, -0.2) is 9.37 Å². The lowest BCUT2D eigenvalue weighted by molar-refractivity contribution is 0.0950. The minimum absolute atomic E-state index is 0.178. The highest BCUT2D eigenvalue weighted by Gasteiger charge is 2.12. The van der Waals surface area contributed by atoms with Crippen LogP contribution < -0.4 is 5.32 Å². The van der Waals surface area contributed by atoms with Crippen molar-refractivity contribution in [3.63, 3.8) is 0 Å². The van der Waals surface area contributed by atoms with E-state index in [0.29, 0.717) is 22.6 Å². The Hall–Kier alpha value is -3.48. The van der Waals surface area contributed by atoms with Crippen molar-refractivity contribution >= 4 is 16.9 Å². The first-order chi connectivity index (χ1) is 12.2. The van der Waals surface area contributed by atoms with Gasteiger partial charge in [0, 0.05) is 11.6 Å². The topological polar surface area (TPSA) is 83.8 Å². The van der Waals surface area contributed by atoms with Crippen LogP contribution in [0.25, 0.3) is 22.4 Å². The summed E-state index contributed by atoms with van der Waals surface area (Å²) in [4.78, 5) is 19.3. The fraction of sp³-hybridized carbons (Fsp3) is 0.0556. The van der Waals surface area contributed by atoms with Crippen LogP contribution in [-0.2, 0) is 6.54 Å². The number of aromatic nitrogens is 3. The van der Waals surface area contributed by atoms with Crippen LogP contribution in [0.1, 0.15) is 16.1 Å². The lowest BCUT2D eigenvalue weighted by Gasteiger charge is -2.02. The second kappa shape index (κ2) is 6.20. The number of hydrogen-bond donors (Lipinski definition) is 2. The van der Waals surface area contributed by atoms with Gasteiger partial charge in [0.05, 0.1) is 29.5 Å². The zero-order chi connectivity index (χ0) is 17.2. The molecule has 25 heavy (non-hydrogen) atoms. The van der Waals surface area contributed by atoms with Crippen molar-refractivity contribution in [3.8, 4) is 11.3 Å². The monoisotopic (exact) mass is 336 g/mol. The van der Waals surface area contributed by atoms with Gasteiger partial charge >= 0.3 is 0 Å². The number of nitrogens with one attached hydrogen (secondary N) is 2. The quantitative estimate of drug-likeness (QED) is 0.599. The van der Waals surface area contributed by atoms with E-state index in [2.05, 4.69) is 20.4 Å². The number of rotatable bonds is 4. The number of H-pyrrole nitrogens is 1. The molecule has 2 N–H and O–H groups in total. The zero-order valence-electron chi connectivity index (χ0n) is 13.0. The number of imidazole rings is 1. The minimum Gasteiger partial charge on any atom is -0.356 e. The molecule has 0 aliphatic heterocycles. The molecule has 124 valence electrons. The van der Waals surface area contributed by atoms with E-state index in [-0.39, 0.29) is 18.3 Å². The highest BCUT2D eigenvalue weighted by Crippen LogP contribution is 2.23. The third-order valence-corrected chi connectivity index (χ3v) is 3.81. The SMILES string of the molecule is O=C(NCc1cc(-c2ccccc2F)on1)c1ccc2nc[nH]c2c1. The number of hydrogen-bond acceptors (Lipinski definition) is 4. The van der Waals surface area contributed by atoms with Gasteiger partial charge in [0.15, 0.2) is 5.76 Å². The Kier molecular flexibility index (Phi) is 3.74. The van der Waals surface area contributed by atoms with Crippen LogP contribution in [0.4, 0.5) is 4.39 Å². The molecule has 7 heteroatoms. The number of fused-ring (bicyclic) bond motifs is 1. The molecule has 0 unspecified atom stereocenters. The number of carbonyl (C=O) groups is 1. The molecule has 0 aliphatic carbocycles. The Morgan fingerprint density at radius 2 is 2.08 bits per heavy atom. The highest BCUT2D eigenvalue weighted by atomic mass is 19.1. The Labute approximate surface area is 141 Å². The van der Waals surface area contributed by atoms with Gasteiger partial charge < -0.3 is 14.8 Å². The molecule has 0 bridgehead atoms. The van der Waals surface area contributed by atoms with Gasteiger partial charge in [0.2, 0.25) is 0 Å². The maximum atomic E-state index is 13.8. The first-order valence-electron chi connectivity index (χ1n) is 7.62. The van der Waals surface area contributed by atoms with Crippen LogP contribution >= 0.6 is 0 Å². The van der Waals surface area contributed by atoms with E-state index >= 15 is 0 Å². The molecule has 2 heterocycles. The lowest BCUT2D eigenvalue weighted by Crippen LogP contribution is -2.22. The number of nitrogens with zero attached hydrogens (tertiary/aromatic N) is 2. The molecule has 4 rings (SSSR count). The predicted octanol–water partition coefficient (Wildman–Crippen LogP) is 3.29. The van der Waals surface area contributed by atoms with Gasteiger partial charge in [-0.2, -0.15) is 0 Å². The average Bonchev–Trinajstić information content (AvgIpc) is 3.28. The summed E-state index contributed by atoms with van der Waals surface area (Å²) in [5, 5.41) is 6.63. The maximum absolute atomic E-state index is 13.8. The first-order valence-corrected chi connectivity index (χ1v) is 7.62. The molecule has 0 aliphatic rings. The van der Waals surface area contributed by atoms with Crippen molar-refractivity contribution in [1.82, 2.24) is 20.4 Å². The number of carbonyl (C=O) groups excluding carboxylic acids is 1. The van der Waals surface area contributed by atoms with E-state index in [0.717, 1.165) is 11.0 Å². The third kappa shape index (κ3) is 2.99. The Morgan fingerprint density at radius 1 is 1.20 bits per heavy atom. The van der Waals surface area contributed by atoms with Crippen LogP contribution in [0.2, 0.25) is 0 Å². The molecule has 0 radical (unpaired) electrons. The number of halogens is 1. The van der Waals surface area contributed by atoms with Gasteiger partial charge in [-0.05, 0) is 30.3 Å². The normalized spacial score (nSPS) is 10.9. The summed E-state index contributed by atoms with van der Waals surface area (Å²) in [5.41, 5.74) is 2.93. The smallest absolute Gasteiger partial charge is 0.251 e. The molecular formula is C18H13FN4O2. The standard InChI is InChI=1S/C18H13FN4O2/c19-14-4-2-1-3-13(14)17-8-12(23-25-17)9-20-18(24)11-5-6-15-16(7-11)22-10-21-15/h1-8,10H,9H2,(H,20,24)(H,21,22). The van der Waals surface area contributed by atoms with E-state index in [1.54, 1.807) is 48.8 Å². The second-order valence-corrected chi connectivity index (χ2v) is 5.48. The third-order valence-electron chi connectivity index (χ3n) is 3.81. The molecule has 0 atom stereocenters. The van der Waals surface area contributed by atoms with Crippen LogP contribution in [0.5, 0.6) is 0 Å². The van der Waals surface area contributed by atoms with Crippen molar-refractivity contribution in [1.29, 1.82) is 0 Å². The van der Waals surface area contributed by atoms with E-state index in [9.17, 15) is 9.18 Å². The zero-order valence-corrected chi connectivity index (χ0v) is 13.0. The lowest BCUT2D eigenvalue weighted by atomic mass is 10.1. The summed E-state index contributed by atoms with van der Waals surface area (Å²) in [7, 11) is 0. The van der Waals surface area contributed by atoms with Crippen molar-refractivity contribution in [2.45, 2.75) is 6.54 Å². The summed E-state index contributed by atoms with van der Waals surface area (Å²) in [6.45, 7) is 0.178. The average molecular weight is 336 g/mol. The number of benzene rings is 2. The van der Waals surface area contributed by atoms with Gasteiger partial charge in [-0.1, -0.05) is 17.3 Å². The molecule has 1 amide bonds. The van der Waals surface area contributed by atoms with Crippen molar-refractivity contribution in [3.05, 3.63) is 71.9 Å². The fourth-order valence-electron chi connectivity index (χ4n) is 2.53. The van der Waals surface area contributed by atoms with Crippen molar-refractivity contribution in [2.75, 3.05) is 0 Å². The van der Waals surface area contributed by atoms with Crippen LogP contribution in [-0.4, -0.2) is 21.0 Å². The largest absolute Gasteiger partial charge is 0.356 e. The van der Waals surface area contributed by atoms with Crippen LogP contribution in [0, 0.1) is 5.82 Å². The van der Waals surface area contributed by atoms with E-state index in [4.69, 9.17) is 4.52 Å². The second-order valence-electron chi connectivity index (χ2n) is 5.48. The number of aromatic amines is 1. The van der Waals surface area contributed by atoms with Gasteiger partial charge in [0.25, 0.3) is 5.91 Å². The Morgan fingerprint density at radius 3 is 2.96 bits per heavy atom. The fourth-order valence-corrected chi connectivity index (χ4v) is 2.53. The van der Waals surface area contributed by atoms with E-state index in [1.165, 1.54) is 6.07 Å². The summed E-state index contributed by atoms with van der Waals surface area (Å²) in [6.07, 6.45) is 1.58. The summed E-state index contributed by atoms with van der Waals surface area (Å²) >= 11 is 0. The minimum atomic E-state index is -0.387. The van der Waals surface area contributed by atoms with E-state index in [1.807, 2.05) is 0 Å². The van der Waals surface area contributed by atoms with Gasteiger partial charge in [-0.15, -0.1) is 0 Å². The van der Waals surface area contributed by atoms with Crippen molar-refractivity contribution in [2.24, 2.45) is 0 Å². The maximum Gasteiger partial charge on any atom is 0.251 e. The van der Waals surface area contributed by atoms with Crippen molar-refractivity contribution < 1.29 is 13.7 Å². The van der Waals surface area contributed by atoms with Crippen LogP contribution in [0.3, 0.4) is 0 Å². The molecule has 2 aromatic carbocycles. The molecule has 6 nitrogen and oxygen atoms in total. The molecular weight excluding hydrogens is 323 g/mol. The van der Waals surface area contributed by atoms with E-state index < -0.39 is 0 Å².